The molecule has 0 aliphatic carbocycles. The largest absolute Gasteiger partial charge is 0.318 e. The molecular weight excluding hydrogens is 384 g/mol. The van der Waals surface area contributed by atoms with Gasteiger partial charge in [-0.3, -0.25) is 4.79 Å². The number of carbonyl (C=O) groups is 1. The maximum Gasteiger partial charge on any atom is 0.247 e. The van der Waals surface area contributed by atoms with Crippen molar-refractivity contribution in [3.8, 4) is 0 Å². The number of halogens is 2. The summed E-state index contributed by atoms with van der Waals surface area (Å²) < 4.78 is 1.99. The fraction of sp³-hybridized carbons (Fsp3) is 0.133. The zero-order valence-corrected chi connectivity index (χ0v) is 13.6. The number of carbonyl (C=O) groups excluding carboxylic acids is 1. The molecule has 1 saturated heterocycles. The van der Waals surface area contributed by atoms with Crippen molar-refractivity contribution in [2.24, 2.45) is 5.73 Å². The molecule has 20 heavy (non-hydrogen) atoms. The number of benzene rings is 2. The van der Waals surface area contributed by atoms with Crippen LogP contribution in [0, 0.1) is 0 Å². The van der Waals surface area contributed by atoms with Gasteiger partial charge >= 0.3 is 0 Å². The molecule has 3 rings (SSSR count). The first-order valence-corrected chi connectivity index (χ1v) is 7.76. The number of β-lactam (4-membered cyclic amide) rings is 1. The fourth-order valence-corrected chi connectivity index (χ4v) is 2.95. The maximum absolute atomic E-state index is 12.1. The van der Waals surface area contributed by atoms with E-state index in [-0.39, 0.29) is 11.9 Å². The van der Waals surface area contributed by atoms with E-state index in [0.717, 1.165) is 20.2 Å². The number of hydrogen-bond donors (Lipinski definition) is 1. The van der Waals surface area contributed by atoms with Crippen molar-refractivity contribution >= 4 is 43.5 Å². The van der Waals surface area contributed by atoms with Crippen LogP contribution in [0.25, 0.3) is 0 Å². The quantitative estimate of drug-likeness (QED) is 0.789. The number of hydrogen-bond acceptors (Lipinski definition) is 2. The van der Waals surface area contributed by atoms with E-state index in [9.17, 15) is 4.79 Å². The third-order valence-corrected chi connectivity index (χ3v) is 4.51. The predicted octanol–water partition coefficient (Wildman–Crippen LogP) is 3.63. The molecule has 102 valence electrons. The first-order valence-electron chi connectivity index (χ1n) is 6.17. The smallest absolute Gasteiger partial charge is 0.247 e. The zero-order chi connectivity index (χ0) is 14.3. The summed E-state index contributed by atoms with van der Waals surface area (Å²) in [5, 5.41) is 0. The third-order valence-electron chi connectivity index (χ3n) is 3.46. The van der Waals surface area contributed by atoms with E-state index in [0.29, 0.717) is 0 Å². The Balaban J connectivity index is 1.95. The lowest BCUT2D eigenvalue weighted by atomic mass is 9.88. The van der Waals surface area contributed by atoms with Crippen LogP contribution >= 0.6 is 31.9 Å². The monoisotopic (exact) mass is 394 g/mol. The Morgan fingerprint density at radius 3 is 1.95 bits per heavy atom. The first-order chi connectivity index (χ1) is 9.58. The van der Waals surface area contributed by atoms with Crippen molar-refractivity contribution < 1.29 is 4.79 Å². The number of nitrogens with two attached hydrogens (primary N) is 1. The van der Waals surface area contributed by atoms with Gasteiger partial charge in [-0.15, -0.1) is 0 Å². The average molecular weight is 396 g/mol. The Bertz CT molecular complexity index is 640. The van der Waals surface area contributed by atoms with Crippen LogP contribution < -0.4 is 10.6 Å². The van der Waals surface area contributed by atoms with Gasteiger partial charge in [0.15, 0.2) is 0 Å². The van der Waals surface area contributed by atoms with Crippen LogP contribution in [-0.4, -0.2) is 11.9 Å². The number of anilines is 1. The van der Waals surface area contributed by atoms with Crippen LogP contribution in [0.15, 0.2) is 57.5 Å². The molecular formula is C15H12Br2N2O. The van der Waals surface area contributed by atoms with E-state index in [1.165, 1.54) is 0 Å². The minimum atomic E-state index is -0.472. The molecule has 1 fully saturated rings. The van der Waals surface area contributed by atoms with Gasteiger partial charge in [-0.05, 0) is 42.0 Å². The molecule has 1 aliphatic heterocycles. The molecule has 1 heterocycles. The molecule has 2 atom stereocenters. The standard InChI is InChI=1S/C15H12Br2N2O/c16-10-3-1-9(2-4-10)14-13(18)15(20)19(14)12-7-5-11(17)6-8-12/h1-8,13-14H,18H2/t13-,14+/m1/s1. The van der Waals surface area contributed by atoms with Crippen molar-refractivity contribution in [3.05, 3.63) is 63.0 Å². The van der Waals surface area contributed by atoms with Crippen LogP contribution in [0.5, 0.6) is 0 Å². The summed E-state index contributed by atoms with van der Waals surface area (Å²) in [5.74, 6) is -0.0414. The summed E-state index contributed by atoms with van der Waals surface area (Å²) in [4.78, 5) is 13.8. The van der Waals surface area contributed by atoms with Gasteiger partial charge in [0.1, 0.15) is 6.04 Å². The minimum absolute atomic E-state index is 0.0414. The lowest BCUT2D eigenvalue weighted by Crippen LogP contribution is -2.63. The molecule has 0 unspecified atom stereocenters. The molecule has 2 N–H and O–H groups in total. The predicted molar refractivity (Wildman–Crippen MR) is 86.5 cm³/mol. The number of amides is 1. The van der Waals surface area contributed by atoms with E-state index in [1.54, 1.807) is 4.90 Å². The topological polar surface area (TPSA) is 46.3 Å². The summed E-state index contributed by atoms with van der Waals surface area (Å²) in [7, 11) is 0. The first kappa shape index (κ1) is 13.8. The molecule has 1 amide bonds. The second-order valence-corrected chi connectivity index (χ2v) is 6.54. The van der Waals surface area contributed by atoms with Crippen molar-refractivity contribution in [1.29, 1.82) is 0 Å². The number of nitrogens with zero attached hydrogens (tertiary/aromatic N) is 1. The van der Waals surface area contributed by atoms with Crippen molar-refractivity contribution in [2.75, 3.05) is 4.90 Å². The van der Waals surface area contributed by atoms with Gasteiger partial charge in [0.05, 0.1) is 6.04 Å². The van der Waals surface area contributed by atoms with Crippen LogP contribution in [0.2, 0.25) is 0 Å². The third kappa shape index (κ3) is 2.30. The summed E-state index contributed by atoms with van der Waals surface area (Å²) in [6, 6.07) is 15.0. The maximum atomic E-state index is 12.1. The van der Waals surface area contributed by atoms with Crippen LogP contribution in [-0.2, 0) is 4.79 Å². The Morgan fingerprint density at radius 2 is 1.40 bits per heavy atom. The lowest BCUT2D eigenvalue weighted by molar-refractivity contribution is -0.126. The molecule has 0 bridgehead atoms. The fourth-order valence-electron chi connectivity index (χ4n) is 2.42. The molecule has 5 heteroatoms. The van der Waals surface area contributed by atoms with Crippen LogP contribution in [0.1, 0.15) is 11.6 Å². The van der Waals surface area contributed by atoms with Gasteiger partial charge in [0.25, 0.3) is 0 Å². The highest BCUT2D eigenvalue weighted by Gasteiger charge is 2.46. The molecule has 3 nitrogen and oxygen atoms in total. The minimum Gasteiger partial charge on any atom is -0.318 e. The lowest BCUT2D eigenvalue weighted by Gasteiger charge is -2.45. The Labute approximate surface area is 134 Å². The van der Waals surface area contributed by atoms with E-state index in [4.69, 9.17) is 5.73 Å². The van der Waals surface area contributed by atoms with Gasteiger partial charge in [0, 0.05) is 14.6 Å². The zero-order valence-electron chi connectivity index (χ0n) is 10.5. The second kappa shape index (κ2) is 5.31. The van der Waals surface area contributed by atoms with E-state index in [1.807, 2.05) is 48.5 Å². The highest BCUT2D eigenvalue weighted by atomic mass is 79.9. The Hall–Kier alpha value is -1.17. The molecule has 0 spiro atoms. The molecule has 2 aromatic rings. The van der Waals surface area contributed by atoms with Gasteiger partial charge in [-0.25, -0.2) is 0 Å². The molecule has 0 aromatic heterocycles. The Morgan fingerprint density at radius 1 is 0.900 bits per heavy atom. The van der Waals surface area contributed by atoms with Crippen LogP contribution in [0.3, 0.4) is 0 Å². The van der Waals surface area contributed by atoms with Gasteiger partial charge < -0.3 is 10.6 Å². The van der Waals surface area contributed by atoms with Gasteiger partial charge in [0.2, 0.25) is 5.91 Å². The second-order valence-electron chi connectivity index (χ2n) is 4.71. The van der Waals surface area contributed by atoms with E-state index >= 15 is 0 Å². The summed E-state index contributed by atoms with van der Waals surface area (Å²) in [6.45, 7) is 0. The van der Waals surface area contributed by atoms with Gasteiger partial charge in [-0.1, -0.05) is 44.0 Å². The highest BCUT2D eigenvalue weighted by Crippen LogP contribution is 2.38. The SMILES string of the molecule is N[C@H]1C(=O)N(c2ccc(Br)cc2)[C@H]1c1ccc(Br)cc1. The highest BCUT2D eigenvalue weighted by molar-refractivity contribution is 9.10. The number of rotatable bonds is 2. The molecule has 0 radical (unpaired) electrons. The normalized spacial score (nSPS) is 21.8. The van der Waals surface area contributed by atoms with Crippen molar-refractivity contribution in [2.45, 2.75) is 12.1 Å². The Kier molecular flexibility index (Phi) is 3.67. The molecule has 0 saturated carbocycles. The average Bonchev–Trinajstić information content (AvgIpc) is 2.46. The van der Waals surface area contributed by atoms with E-state index in [2.05, 4.69) is 31.9 Å². The van der Waals surface area contributed by atoms with Crippen molar-refractivity contribution in [1.82, 2.24) is 0 Å². The van der Waals surface area contributed by atoms with E-state index < -0.39 is 6.04 Å². The summed E-state index contributed by atoms with van der Waals surface area (Å²) >= 11 is 6.81. The molecule has 2 aromatic carbocycles. The molecule has 1 aliphatic rings. The van der Waals surface area contributed by atoms with Crippen molar-refractivity contribution in [3.63, 3.8) is 0 Å². The summed E-state index contributed by atoms with van der Waals surface area (Å²) in [6.07, 6.45) is 0. The summed E-state index contributed by atoms with van der Waals surface area (Å²) in [5.41, 5.74) is 7.89. The van der Waals surface area contributed by atoms with Gasteiger partial charge in [-0.2, -0.15) is 0 Å². The van der Waals surface area contributed by atoms with Crippen LogP contribution in [0.4, 0.5) is 5.69 Å².